The predicted octanol–water partition coefficient (Wildman–Crippen LogP) is 8.98. The van der Waals surface area contributed by atoms with Gasteiger partial charge in [-0.25, -0.2) is 0 Å². The average Bonchev–Trinajstić information content (AvgIpc) is 2.56. The minimum atomic E-state index is -6.00. The summed E-state index contributed by atoms with van der Waals surface area (Å²) < 4.78 is 39.0. The van der Waals surface area contributed by atoms with E-state index < -0.39 is 7.25 Å². The number of unbranched alkanes of at least 4 members (excludes halogenated alkanes) is 14. The van der Waals surface area contributed by atoms with E-state index in [1.165, 1.54) is 103 Å². The summed E-state index contributed by atoms with van der Waals surface area (Å²) in [5.41, 5.74) is 0. The quantitative estimate of drug-likeness (QED) is 0.0929. The van der Waals surface area contributed by atoms with Gasteiger partial charge in [-0.05, 0) is 34.3 Å². The molecule has 1 atom stereocenters. The molecule has 0 aliphatic heterocycles. The fraction of sp³-hybridized carbons (Fsp3) is 1.00. The molecule has 0 aromatic rings. The summed E-state index contributed by atoms with van der Waals surface area (Å²) in [6.45, 7) is 4.60. The molecule has 0 aromatic heterocycles. The third-order valence-electron chi connectivity index (χ3n) is 4.52. The third kappa shape index (κ3) is 39.3. The lowest BCUT2D eigenvalue weighted by atomic mass is 10.1. The summed E-state index contributed by atoms with van der Waals surface area (Å²) in [6.07, 6.45) is 26.8. The Morgan fingerprint density at radius 3 is 1.00 bits per heavy atom. The molecular formula is C20H44BF4P. The van der Waals surface area contributed by atoms with Gasteiger partial charge < -0.3 is 17.3 Å². The maximum absolute atomic E-state index is 9.75. The van der Waals surface area contributed by atoms with Crippen LogP contribution >= 0.6 is 8.58 Å². The van der Waals surface area contributed by atoms with Crippen molar-refractivity contribution in [1.29, 1.82) is 0 Å². The Bertz CT molecular complexity index is 226. The van der Waals surface area contributed by atoms with Crippen LogP contribution in [0, 0.1) is 0 Å². The van der Waals surface area contributed by atoms with Gasteiger partial charge in [0.05, 0.1) is 12.3 Å². The summed E-state index contributed by atoms with van der Waals surface area (Å²) in [7, 11) is -5.21. The van der Waals surface area contributed by atoms with Crippen molar-refractivity contribution in [3.05, 3.63) is 0 Å². The Labute approximate surface area is 162 Å². The second kappa shape index (κ2) is 23.3. The Balaban J connectivity index is 0. The van der Waals surface area contributed by atoms with Gasteiger partial charge >= 0.3 is 7.25 Å². The fourth-order valence-corrected chi connectivity index (χ4v) is 4.43. The molecule has 0 spiro atoms. The van der Waals surface area contributed by atoms with Crippen LogP contribution in [0.25, 0.3) is 0 Å². The molecule has 26 heavy (non-hydrogen) atoms. The minimum Gasteiger partial charge on any atom is -0.418 e. The molecule has 0 aliphatic rings. The van der Waals surface area contributed by atoms with Gasteiger partial charge in [0.25, 0.3) is 0 Å². The van der Waals surface area contributed by atoms with Crippen LogP contribution < -0.4 is 0 Å². The van der Waals surface area contributed by atoms with E-state index >= 15 is 0 Å². The summed E-state index contributed by atoms with van der Waals surface area (Å²) in [5.74, 6) is 0. The van der Waals surface area contributed by atoms with Gasteiger partial charge in [-0.15, -0.1) is 0 Å². The van der Waals surface area contributed by atoms with Crippen molar-refractivity contribution in [3.8, 4) is 0 Å². The van der Waals surface area contributed by atoms with Gasteiger partial charge in [-0.1, -0.05) is 90.9 Å². The standard InChI is InChI=1S/C20H43P.BF4/c1-3-5-7-9-10-11-12-13-14-15-16-18-20-21-19-17-8-6-4-2;2-1(3,4)5/h21H,3-20H2,1-2H3;/q;-1/p+1. The van der Waals surface area contributed by atoms with E-state index in [2.05, 4.69) is 13.8 Å². The second-order valence-corrected chi connectivity index (χ2v) is 9.04. The molecule has 0 N–H and O–H groups in total. The lowest BCUT2D eigenvalue weighted by Gasteiger charge is -2.02. The van der Waals surface area contributed by atoms with Gasteiger partial charge in [-0.3, -0.25) is 0 Å². The Morgan fingerprint density at radius 1 is 0.462 bits per heavy atom. The monoisotopic (exact) mass is 402 g/mol. The normalized spacial score (nSPS) is 11.8. The van der Waals surface area contributed by atoms with Crippen LogP contribution in [0.15, 0.2) is 0 Å². The van der Waals surface area contributed by atoms with Crippen LogP contribution in [0.2, 0.25) is 0 Å². The Kier molecular flexibility index (Phi) is 25.4. The zero-order valence-electron chi connectivity index (χ0n) is 17.4. The molecule has 0 aliphatic carbocycles. The van der Waals surface area contributed by atoms with E-state index in [4.69, 9.17) is 0 Å². The van der Waals surface area contributed by atoms with Crippen LogP contribution in [-0.2, 0) is 0 Å². The van der Waals surface area contributed by atoms with Crippen molar-refractivity contribution in [1.82, 2.24) is 0 Å². The first-order chi connectivity index (χ1) is 12.4. The van der Waals surface area contributed by atoms with Gasteiger partial charge in [-0.2, -0.15) is 0 Å². The van der Waals surface area contributed by atoms with Crippen molar-refractivity contribution in [3.63, 3.8) is 0 Å². The largest absolute Gasteiger partial charge is 0.673 e. The molecule has 0 nitrogen and oxygen atoms in total. The highest BCUT2D eigenvalue weighted by atomic mass is 31.1. The van der Waals surface area contributed by atoms with E-state index in [0.29, 0.717) is 0 Å². The van der Waals surface area contributed by atoms with Crippen LogP contribution in [-0.4, -0.2) is 19.6 Å². The molecule has 160 valence electrons. The van der Waals surface area contributed by atoms with Gasteiger partial charge in [0.2, 0.25) is 0 Å². The maximum Gasteiger partial charge on any atom is 0.673 e. The van der Waals surface area contributed by atoms with E-state index in [1.54, 1.807) is 12.3 Å². The Morgan fingerprint density at radius 2 is 0.692 bits per heavy atom. The molecule has 0 fully saturated rings. The summed E-state index contributed by atoms with van der Waals surface area (Å²) in [4.78, 5) is 0. The average molecular weight is 402 g/mol. The smallest absolute Gasteiger partial charge is 0.418 e. The minimum absolute atomic E-state index is 0.790. The van der Waals surface area contributed by atoms with Crippen LogP contribution in [0.3, 0.4) is 0 Å². The summed E-state index contributed by atoms with van der Waals surface area (Å²) in [5, 5.41) is 0. The molecule has 0 aromatic carbocycles. The number of hydrogen-bond acceptors (Lipinski definition) is 0. The van der Waals surface area contributed by atoms with Crippen LogP contribution in [0.5, 0.6) is 0 Å². The molecule has 0 bridgehead atoms. The SMILES string of the molecule is CCCCCCCCCCCCCC[PH2+]CCCCCC.F[B-](F)(F)F. The van der Waals surface area contributed by atoms with Crippen molar-refractivity contribution in [2.75, 3.05) is 12.3 Å². The second-order valence-electron chi connectivity index (χ2n) is 7.31. The van der Waals surface area contributed by atoms with Crippen molar-refractivity contribution in [2.24, 2.45) is 0 Å². The van der Waals surface area contributed by atoms with Crippen molar-refractivity contribution in [2.45, 2.75) is 117 Å². The Hall–Kier alpha value is 0.215. The molecule has 0 amide bonds. The van der Waals surface area contributed by atoms with Crippen molar-refractivity contribution < 1.29 is 17.3 Å². The first kappa shape index (κ1) is 28.4. The predicted molar refractivity (Wildman–Crippen MR) is 115 cm³/mol. The lowest BCUT2D eigenvalue weighted by Crippen LogP contribution is -2.02. The zero-order chi connectivity index (χ0) is 19.9. The number of rotatable bonds is 18. The number of hydrogen-bond donors (Lipinski definition) is 0. The van der Waals surface area contributed by atoms with Crippen LogP contribution in [0.4, 0.5) is 17.3 Å². The first-order valence-corrected chi connectivity index (χ1v) is 12.7. The molecule has 0 saturated carbocycles. The number of halogens is 4. The van der Waals surface area contributed by atoms with E-state index in [9.17, 15) is 17.3 Å². The molecule has 0 radical (unpaired) electrons. The molecular weight excluding hydrogens is 358 g/mol. The highest BCUT2D eigenvalue weighted by Gasteiger charge is 2.20. The molecule has 6 heteroatoms. The molecule has 0 saturated heterocycles. The summed E-state index contributed by atoms with van der Waals surface area (Å²) >= 11 is 0. The van der Waals surface area contributed by atoms with E-state index in [1.807, 2.05) is 0 Å². The van der Waals surface area contributed by atoms with Gasteiger partial charge in [0.15, 0.2) is 0 Å². The maximum atomic E-state index is 9.75. The molecule has 1 unspecified atom stereocenters. The molecule has 0 rings (SSSR count). The highest BCUT2D eigenvalue weighted by Crippen LogP contribution is 2.18. The van der Waals surface area contributed by atoms with E-state index in [-0.39, 0.29) is 0 Å². The topological polar surface area (TPSA) is 0 Å². The van der Waals surface area contributed by atoms with Crippen LogP contribution in [0.1, 0.15) is 117 Å². The summed E-state index contributed by atoms with van der Waals surface area (Å²) in [6, 6.07) is 0. The van der Waals surface area contributed by atoms with Crippen molar-refractivity contribution >= 4 is 15.8 Å². The fourth-order valence-electron chi connectivity index (χ4n) is 2.99. The third-order valence-corrected chi connectivity index (χ3v) is 6.16. The highest BCUT2D eigenvalue weighted by molar-refractivity contribution is 7.37. The van der Waals surface area contributed by atoms with Gasteiger partial charge in [0, 0.05) is 0 Å². The zero-order valence-corrected chi connectivity index (χ0v) is 18.5. The van der Waals surface area contributed by atoms with Gasteiger partial charge in [0.1, 0.15) is 0 Å². The molecule has 0 heterocycles. The first-order valence-electron chi connectivity index (χ1n) is 11.1. The lowest BCUT2D eigenvalue weighted by molar-refractivity contribution is 0.368. The van der Waals surface area contributed by atoms with E-state index in [0.717, 1.165) is 8.58 Å².